The number of halogens is 2. The Bertz CT molecular complexity index is 581. The topological polar surface area (TPSA) is 60.4 Å². The van der Waals surface area contributed by atoms with Gasteiger partial charge in [0.05, 0.1) is 7.11 Å². The first-order chi connectivity index (χ1) is 13.3. The Morgan fingerprint density at radius 1 is 1.18 bits per heavy atom. The molecule has 1 unspecified atom stereocenters. The third kappa shape index (κ3) is 8.44. The van der Waals surface area contributed by atoms with Gasteiger partial charge < -0.3 is 4.74 Å². The van der Waals surface area contributed by atoms with Crippen molar-refractivity contribution < 1.29 is 27.9 Å². The summed E-state index contributed by atoms with van der Waals surface area (Å²) in [6, 6.07) is 0. The van der Waals surface area contributed by atoms with Crippen molar-refractivity contribution in [3.63, 3.8) is 0 Å². The first-order valence-corrected chi connectivity index (χ1v) is 10.2. The Morgan fingerprint density at radius 2 is 1.93 bits per heavy atom. The van der Waals surface area contributed by atoms with Crippen LogP contribution < -0.4 is 0 Å². The minimum atomic E-state index is -3.26. The summed E-state index contributed by atoms with van der Waals surface area (Å²) in [6.45, 7) is 1.81. The highest BCUT2D eigenvalue weighted by atomic mass is 19.3. The second-order valence-corrected chi connectivity index (χ2v) is 7.33. The molecule has 0 saturated carbocycles. The summed E-state index contributed by atoms with van der Waals surface area (Å²) < 4.78 is 32.2. The molecule has 0 aromatic heterocycles. The molecule has 0 aromatic carbocycles. The summed E-state index contributed by atoms with van der Waals surface area (Å²) in [4.78, 5) is 34.9. The van der Waals surface area contributed by atoms with E-state index in [9.17, 15) is 23.2 Å². The molecule has 0 N–H and O–H groups in total. The molecule has 0 spiro atoms. The van der Waals surface area contributed by atoms with Crippen molar-refractivity contribution in [3.8, 4) is 0 Å². The molecule has 0 aliphatic heterocycles. The van der Waals surface area contributed by atoms with Crippen molar-refractivity contribution >= 4 is 17.5 Å². The molecule has 0 heterocycles. The lowest BCUT2D eigenvalue weighted by atomic mass is 9.86. The van der Waals surface area contributed by atoms with Crippen LogP contribution in [0.5, 0.6) is 0 Å². The van der Waals surface area contributed by atoms with Gasteiger partial charge in [0.2, 0.25) is 5.78 Å². The zero-order chi connectivity index (χ0) is 21.0. The maximum Gasteiger partial charge on any atom is 0.305 e. The molecular formula is C22H32F2O4. The van der Waals surface area contributed by atoms with Crippen LogP contribution in [0.2, 0.25) is 0 Å². The van der Waals surface area contributed by atoms with E-state index in [-0.39, 0.29) is 36.4 Å². The molecule has 0 amide bonds. The second-order valence-electron chi connectivity index (χ2n) is 7.33. The van der Waals surface area contributed by atoms with Gasteiger partial charge in [-0.15, -0.1) is 0 Å². The molecule has 0 fully saturated rings. The third-order valence-corrected chi connectivity index (χ3v) is 5.13. The Kier molecular flexibility index (Phi) is 10.9. The van der Waals surface area contributed by atoms with Crippen LogP contribution in [0.25, 0.3) is 0 Å². The SMILES string of the molecule is CCCCC(F)(F)C(=O)CC[C@H]1C=CC(=O)C1C/C=C\CCCCC(=O)OC. The van der Waals surface area contributed by atoms with Gasteiger partial charge in [-0.25, -0.2) is 0 Å². The van der Waals surface area contributed by atoms with Crippen molar-refractivity contribution in [2.24, 2.45) is 11.8 Å². The predicted octanol–water partition coefficient (Wildman–Crippen LogP) is 5.21. The smallest absolute Gasteiger partial charge is 0.305 e. The van der Waals surface area contributed by atoms with Gasteiger partial charge in [0.1, 0.15) is 0 Å². The fraction of sp³-hybridized carbons (Fsp3) is 0.682. The summed E-state index contributed by atoms with van der Waals surface area (Å²) >= 11 is 0. The Morgan fingerprint density at radius 3 is 2.61 bits per heavy atom. The summed E-state index contributed by atoms with van der Waals surface area (Å²) in [5.74, 6) is -4.95. The molecule has 1 rings (SSSR count). The monoisotopic (exact) mass is 398 g/mol. The van der Waals surface area contributed by atoms with E-state index < -0.39 is 18.1 Å². The number of carbonyl (C=O) groups is 3. The fourth-order valence-corrected chi connectivity index (χ4v) is 3.29. The van der Waals surface area contributed by atoms with E-state index in [0.717, 1.165) is 19.3 Å². The number of hydrogen-bond acceptors (Lipinski definition) is 4. The number of unbranched alkanes of at least 4 members (excludes halogenated alkanes) is 3. The van der Waals surface area contributed by atoms with E-state index in [1.165, 1.54) is 13.2 Å². The number of methoxy groups -OCH3 is 1. The average Bonchev–Trinajstić information content (AvgIpc) is 3.03. The zero-order valence-electron chi connectivity index (χ0n) is 16.9. The summed E-state index contributed by atoms with van der Waals surface area (Å²) in [6.07, 6.45) is 11.1. The minimum Gasteiger partial charge on any atom is -0.469 e. The highest BCUT2D eigenvalue weighted by molar-refractivity contribution is 5.94. The van der Waals surface area contributed by atoms with Gasteiger partial charge in [0.25, 0.3) is 0 Å². The van der Waals surface area contributed by atoms with Gasteiger partial charge in [-0.05, 0) is 50.5 Å². The summed E-state index contributed by atoms with van der Waals surface area (Å²) in [5.41, 5.74) is 0. The maximum atomic E-state index is 13.8. The third-order valence-electron chi connectivity index (χ3n) is 5.13. The molecule has 0 radical (unpaired) electrons. The standard InChI is InChI=1S/C22H32F2O4/c1-3-4-16-22(23,24)20(26)15-13-17-12-14-19(25)18(17)10-8-6-5-7-9-11-21(27)28-2/h6,8,12,14,17-18H,3-5,7,9-11,13,15-16H2,1-2H3/b8-6-/t17-,18?/m1/s1. The lowest BCUT2D eigenvalue weighted by Gasteiger charge is -2.19. The molecule has 6 heteroatoms. The second kappa shape index (κ2) is 12.6. The van der Waals surface area contributed by atoms with Gasteiger partial charge in [0, 0.05) is 25.2 Å². The van der Waals surface area contributed by atoms with Crippen LogP contribution in [0.15, 0.2) is 24.3 Å². The van der Waals surface area contributed by atoms with E-state index in [0.29, 0.717) is 25.7 Å². The Labute approximate surface area is 166 Å². The average molecular weight is 398 g/mol. The van der Waals surface area contributed by atoms with E-state index in [2.05, 4.69) is 4.74 Å². The number of allylic oxidation sites excluding steroid dienone is 4. The van der Waals surface area contributed by atoms with E-state index in [1.807, 2.05) is 19.1 Å². The van der Waals surface area contributed by atoms with E-state index in [1.54, 1.807) is 6.08 Å². The lowest BCUT2D eigenvalue weighted by molar-refractivity contribution is -0.144. The number of ether oxygens (including phenoxy) is 1. The first kappa shape index (κ1) is 24.2. The number of esters is 1. The Balaban J connectivity index is 2.37. The van der Waals surface area contributed by atoms with Gasteiger partial charge >= 0.3 is 11.9 Å². The van der Waals surface area contributed by atoms with Crippen LogP contribution in [0, 0.1) is 11.8 Å². The predicted molar refractivity (Wildman–Crippen MR) is 104 cm³/mol. The Hall–Kier alpha value is -1.85. The number of rotatable bonds is 14. The van der Waals surface area contributed by atoms with Crippen LogP contribution in [0.4, 0.5) is 8.78 Å². The number of ketones is 2. The van der Waals surface area contributed by atoms with Crippen LogP contribution in [0.1, 0.15) is 71.1 Å². The lowest BCUT2D eigenvalue weighted by Crippen LogP contribution is -2.29. The molecular weight excluding hydrogens is 366 g/mol. The zero-order valence-corrected chi connectivity index (χ0v) is 16.9. The van der Waals surface area contributed by atoms with Gasteiger partial charge in [-0.1, -0.05) is 31.6 Å². The van der Waals surface area contributed by atoms with E-state index in [4.69, 9.17) is 0 Å². The highest BCUT2D eigenvalue weighted by Crippen LogP contribution is 2.32. The van der Waals surface area contributed by atoms with Crippen LogP contribution >= 0.6 is 0 Å². The molecule has 1 aliphatic carbocycles. The number of alkyl halides is 2. The highest BCUT2D eigenvalue weighted by Gasteiger charge is 2.38. The number of carbonyl (C=O) groups excluding carboxylic acids is 3. The van der Waals surface area contributed by atoms with Crippen molar-refractivity contribution in [1.29, 1.82) is 0 Å². The quantitative estimate of drug-likeness (QED) is 0.229. The molecule has 4 nitrogen and oxygen atoms in total. The van der Waals surface area contributed by atoms with Crippen LogP contribution in [-0.2, 0) is 19.1 Å². The number of Topliss-reactive ketones (excluding diaryl/α,β-unsaturated/α-hetero) is 1. The fourth-order valence-electron chi connectivity index (χ4n) is 3.29. The van der Waals surface area contributed by atoms with Crippen LogP contribution in [0.3, 0.4) is 0 Å². The number of hydrogen-bond donors (Lipinski definition) is 0. The summed E-state index contributed by atoms with van der Waals surface area (Å²) in [5, 5.41) is 0. The van der Waals surface area contributed by atoms with Crippen molar-refractivity contribution in [2.75, 3.05) is 7.11 Å². The van der Waals surface area contributed by atoms with Crippen molar-refractivity contribution in [2.45, 2.75) is 77.1 Å². The van der Waals surface area contributed by atoms with Gasteiger partial charge in [0.15, 0.2) is 5.78 Å². The van der Waals surface area contributed by atoms with Crippen molar-refractivity contribution in [1.82, 2.24) is 0 Å². The molecule has 0 aromatic rings. The molecule has 0 bridgehead atoms. The first-order valence-electron chi connectivity index (χ1n) is 10.2. The molecule has 2 atom stereocenters. The summed E-state index contributed by atoms with van der Waals surface area (Å²) in [7, 11) is 1.37. The minimum absolute atomic E-state index is 0.00877. The van der Waals surface area contributed by atoms with Crippen molar-refractivity contribution in [3.05, 3.63) is 24.3 Å². The van der Waals surface area contributed by atoms with Gasteiger partial charge in [-0.2, -0.15) is 8.78 Å². The maximum absolute atomic E-state index is 13.8. The molecule has 158 valence electrons. The van der Waals surface area contributed by atoms with E-state index >= 15 is 0 Å². The van der Waals surface area contributed by atoms with Crippen LogP contribution in [-0.4, -0.2) is 30.6 Å². The molecule has 28 heavy (non-hydrogen) atoms. The molecule has 1 aliphatic rings. The molecule has 0 saturated heterocycles. The van der Waals surface area contributed by atoms with Gasteiger partial charge in [-0.3, -0.25) is 14.4 Å². The largest absolute Gasteiger partial charge is 0.469 e. The normalized spacial score (nSPS) is 19.5.